The Balaban J connectivity index is 2.33. The van der Waals surface area contributed by atoms with Gasteiger partial charge in [-0.3, -0.25) is 0 Å². The van der Waals surface area contributed by atoms with Gasteiger partial charge in [-0.2, -0.15) is 4.31 Å². The number of rotatable bonds is 3. The molecule has 20 heavy (non-hydrogen) atoms. The Morgan fingerprint density at radius 2 is 1.95 bits per heavy atom. The molecule has 0 spiro atoms. The molecule has 1 aromatic rings. The van der Waals surface area contributed by atoms with Crippen molar-refractivity contribution in [3.05, 3.63) is 14.7 Å². The molecule has 0 aromatic carbocycles. The van der Waals surface area contributed by atoms with E-state index < -0.39 is 25.3 Å². The molecule has 11 heteroatoms. The molecule has 1 fully saturated rings. The van der Waals surface area contributed by atoms with Crippen LogP contribution >= 0.6 is 34.5 Å². The molecule has 1 saturated heterocycles. The van der Waals surface area contributed by atoms with Crippen LogP contribution < -0.4 is 5.14 Å². The van der Waals surface area contributed by atoms with Crippen molar-refractivity contribution < 1.29 is 16.8 Å². The van der Waals surface area contributed by atoms with Gasteiger partial charge in [-0.25, -0.2) is 22.0 Å². The molecule has 1 unspecified atom stereocenters. The zero-order valence-electron chi connectivity index (χ0n) is 10.1. The van der Waals surface area contributed by atoms with Crippen molar-refractivity contribution in [3.8, 4) is 0 Å². The fourth-order valence-electron chi connectivity index (χ4n) is 2.03. The van der Waals surface area contributed by atoms with E-state index in [1.165, 1.54) is 6.07 Å². The number of piperidine rings is 1. The largest absolute Gasteiger partial charge is 0.245 e. The molecular formula is C9H12Cl2N2O4S3. The van der Waals surface area contributed by atoms with E-state index in [-0.39, 0.29) is 26.7 Å². The van der Waals surface area contributed by atoms with E-state index >= 15 is 0 Å². The van der Waals surface area contributed by atoms with Crippen LogP contribution in [0.2, 0.25) is 8.67 Å². The quantitative estimate of drug-likeness (QED) is 0.861. The maximum atomic E-state index is 12.4. The molecule has 1 aromatic heterocycles. The fourth-order valence-corrected chi connectivity index (χ4v) is 6.65. The zero-order chi connectivity index (χ0) is 15.1. The van der Waals surface area contributed by atoms with Gasteiger partial charge in [-0.05, 0) is 18.9 Å². The van der Waals surface area contributed by atoms with Gasteiger partial charge in [0.05, 0.1) is 9.59 Å². The first-order valence-corrected chi connectivity index (χ1v) is 10.2. The van der Waals surface area contributed by atoms with Crippen LogP contribution in [-0.2, 0) is 20.0 Å². The number of primary sulfonamides is 1. The minimum absolute atomic E-state index is 0.0627. The van der Waals surface area contributed by atoms with Gasteiger partial charge in [0.15, 0.2) is 0 Å². The molecule has 0 aliphatic carbocycles. The number of nitrogens with zero attached hydrogens (tertiary/aromatic N) is 1. The Labute approximate surface area is 131 Å². The van der Waals surface area contributed by atoms with E-state index in [9.17, 15) is 16.8 Å². The highest BCUT2D eigenvalue weighted by Crippen LogP contribution is 2.36. The van der Waals surface area contributed by atoms with Crippen molar-refractivity contribution >= 4 is 54.6 Å². The second-order valence-electron chi connectivity index (χ2n) is 4.40. The minimum Gasteiger partial charge on any atom is -0.228 e. The molecule has 114 valence electrons. The summed E-state index contributed by atoms with van der Waals surface area (Å²) in [6, 6.07) is 1.27. The molecule has 1 atom stereocenters. The molecule has 1 aliphatic rings. The van der Waals surface area contributed by atoms with Crippen molar-refractivity contribution in [3.63, 3.8) is 0 Å². The van der Waals surface area contributed by atoms with Crippen LogP contribution in [0.25, 0.3) is 0 Å². The van der Waals surface area contributed by atoms with Gasteiger partial charge < -0.3 is 0 Å². The summed E-state index contributed by atoms with van der Waals surface area (Å²) in [6.07, 6.45) is 0.777. The summed E-state index contributed by atoms with van der Waals surface area (Å²) in [5.74, 6) is 0. The highest BCUT2D eigenvalue weighted by atomic mass is 35.5. The van der Waals surface area contributed by atoms with Crippen LogP contribution in [0.15, 0.2) is 11.0 Å². The third kappa shape index (κ3) is 3.29. The van der Waals surface area contributed by atoms with E-state index in [4.69, 9.17) is 28.3 Å². The van der Waals surface area contributed by atoms with Crippen molar-refractivity contribution in [1.82, 2.24) is 4.31 Å². The van der Waals surface area contributed by atoms with E-state index in [1.54, 1.807) is 0 Å². The van der Waals surface area contributed by atoms with Gasteiger partial charge in [-0.1, -0.05) is 23.2 Å². The molecule has 2 rings (SSSR count). The van der Waals surface area contributed by atoms with Gasteiger partial charge in [0.1, 0.15) is 9.23 Å². The van der Waals surface area contributed by atoms with E-state index in [0.717, 1.165) is 15.6 Å². The monoisotopic (exact) mass is 378 g/mol. The van der Waals surface area contributed by atoms with E-state index in [2.05, 4.69) is 0 Å². The van der Waals surface area contributed by atoms with E-state index in [1.807, 2.05) is 0 Å². The summed E-state index contributed by atoms with van der Waals surface area (Å²) in [6.45, 7) is 0.0725. The normalized spacial score (nSPS) is 22.1. The van der Waals surface area contributed by atoms with Crippen LogP contribution in [0.1, 0.15) is 12.8 Å². The van der Waals surface area contributed by atoms with Crippen molar-refractivity contribution in [1.29, 1.82) is 0 Å². The number of halogens is 2. The maximum absolute atomic E-state index is 12.4. The Bertz CT molecular complexity index is 714. The lowest BCUT2D eigenvalue weighted by molar-refractivity contribution is 0.346. The number of thiophene rings is 1. The average molecular weight is 379 g/mol. The van der Waals surface area contributed by atoms with Crippen LogP contribution in [0.5, 0.6) is 0 Å². The molecule has 0 radical (unpaired) electrons. The number of nitrogens with two attached hydrogens (primary N) is 1. The predicted octanol–water partition coefficient (Wildman–Crippen LogP) is 1.50. The molecule has 0 saturated carbocycles. The maximum Gasteiger partial charge on any atom is 0.245 e. The van der Waals surface area contributed by atoms with Gasteiger partial charge in [0.2, 0.25) is 20.0 Å². The van der Waals surface area contributed by atoms with Crippen molar-refractivity contribution in [2.24, 2.45) is 5.14 Å². The van der Waals surface area contributed by atoms with Gasteiger partial charge in [0, 0.05) is 13.1 Å². The Kier molecular flexibility index (Phi) is 4.70. The highest BCUT2D eigenvalue weighted by Gasteiger charge is 2.36. The average Bonchev–Trinajstić information content (AvgIpc) is 2.68. The van der Waals surface area contributed by atoms with Crippen molar-refractivity contribution in [2.75, 3.05) is 13.1 Å². The van der Waals surface area contributed by atoms with Crippen molar-refractivity contribution in [2.45, 2.75) is 23.0 Å². The zero-order valence-corrected chi connectivity index (χ0v) is 14.1. The second-order valence-corrected chi connectivity index (χ2v) is 10.4. The molecule has 6 nitrogen and oxygen atoms in total. The first-order valence-electron chi connectivity index (χ1n) is 5.59. The topological polar surface area (TPSA) is 97.5 Å². The first kappa shape index (κ1) is 16.5. The third-order valence-electron chi connectivity index (χ3n) is 3.05. The van der Waals surface area contributed by atoms with Gasteiger partial charge in [0.25, 0.3) is 0 Å². The van der Waals surface area contributed by atoms with E-state index in [0.29, 0.717) is 12.8 Å². The molecule has 2 heterocycles. The molecule has 1 aliphatic heterocycles. The summed E-state index contributed by atoms with van der Waals surface area (Å²) >= 11 is 12.6. The van der Waals surface area contributed by atoms with Gasteiger partial charge >= 0.3 is 0 Å². The number of sulfonamides is 2. The molecular weight excluding hydrogens is 367 g/mol. The third-order valence-corrected chi connectivity index (χ3v) is 7.98. The number of hydrogen-bond acceptors (Lipinski definition) is 5. The highest BCUT2D eigenvalue weighted by molar-refractivity contribution is 7.90. The lowest BCUT2D eigenvalue weighted by Crippen LogP contribution is -2.46. The van der Waals surface area contributed by atoms with Crippen LogP contribution in [0.4, 0.5) is 0 Å². The Hall–Kier alpha value is 0.1000. The summed E-state index contributed by atoms with van der Waals surface area (Å²) in [5, 5.41) is 4.20. The lowest BCUT2D eigenvalue weighted by atomic mass is 10.2. The minimum atomic E-state index is -3.86. The summed E-state index contributed by atoms with van der Waals surface area (Å²) in [5.41, 5.74) is 0. The van der Waals surface area contributed by atoms with Gasteiger partial charge in [-0.15, -0.1) is 11.3 Å². The molecule has 0 amide bonds. The predicted molar refractivity (Wildman–Crippen MR) is 79.2 cm³/mol. The summed E-state index contributed by atoms with van der Waals surface area (Å²) < 4.78 is 49.1. The SMILES string of the molecule is NS(=O)(=O)C1CCCN(S(=O)(=O)c2cc(Cl)sc2Cl)C1. The molecule has 0 bridgehead atoms. The summed E-state index contributed by atoms with van der Waals surface area (Å²) in [4.78, 5) is -0.0933. The summed E-state index contributed by atoms with van der Waals surface area (Å²) in [7, 11) is -7.63. The first-order chi connectivity index (χ1) is 9.12. The van der Waals surface area contributed by atoms with Crippen LogP contribution in [-0.4, -0.2) is 39.5 Å². The Morgan fingerprint density at radius 3 is 2.45 bits per heavy atom. The number of hydrogen-bond donors (Lipinski definition) is 1. The standard InChI is InChI=1S/C9H12Cl2N2O4S3/c10-8-4-7(9(11)18-8)20(16,17)13-3-1-2-6(5-13)19(12,14)15/h4,6H,1-3,5H2,(H2,12,14,15). The van der Waals surface area contributed by atoms with Crippen LogP contribution in [0.3, 0.4) is 0 Å². The molecule has 2 N–H and O–H groups in total. The lowest BCUT2D eigenvalue weighted by Gasteiger charge is -2.30. The Morgan fingerprint density at radius 1 is 1.30 bits per heavy atom. The smallest absolute Gasteiger partial charge is 0.228 e. The second kappa shape index (κ2) is 5.71. The fraction of sp³-hybridized carbons (Fsp3) is 0.556. The van der Waals surface area contributed by atoms with Crippen LogP contribution in [0, 0.1) is 0 Å².